The van der Waals surface area contributed by atoms with Gasteiger partial charge < -0.3 is 0 Å². The van der Waals surface area contributed by atoms with Crippen molar-refractivity contribution in [3.63, 3.8) is 0 Å². The average molecular weight is 399 g/mol. The van der Waals surface area contributed by atoms with Crippen molar-refractivity contribution in [2.45, 2.75) is 45.2 Å². The molecule has 1 aromatic rings. The summed E-state index contributed by atoms with van der Waals surface area (Å²) in [5.74, 6) is 1.71. The summed E-state index contributed by atoms with van der Waals surface area (Å²) >= 11 is 0. The predicted octanol–water partition coefficient (Wildman–Crippen LogP) is 7.06. The summed E-state index contributed by atoms with van der Waals surface area (Å²) in [6.45, 7) is 9.70. The monoisotopic (exact) mass is 398 g/mol. The number of hydrogen-bond acceptors (Lipinski definition) is 0. The van der Waals surface area contributed by atoms with Gasteiger partial charge in [0.2, 0.25) is 0 Å². The molecular formula is C28H34Si. The van der Waals surface area contributed by atoms with Crippen LogP contribution in [0.4, 0.5) is 0 Å². The maximum Gasteiger partial charge on any atom is 0.128 e. The van der Waals surface area contributed by atoms with Crippen molar-refractivity contribution in [2.75, 3.05) is 0 Å². The van der Waals surface area contributed by atoms with Gasteiger partial charge in [-0.2, -0.15) is 0 Å². The van der Waals surface area contributed by atoms with Crippen LogP contribution in [-0.2, 0) is 0 Å². The molecule has 0 aliphatic heterocycles. The van der Waals surface area contributed by atoms with E-state index in [9.17, 15) is 0 Å². The summed E-state index contributed by atoms with van der Waals surface area (Å²) in [5.41, 5.74) is 2.65. The second-order valence-corrected chi connectivity index (χ2v) is 13.4. The molecule has 5 atom stereocenters. The number of hydrogen-bond donors (Lipinski definition) is 0. The van der Waals surface area contributed by atoms with E-state index in [1.54, 1.807) is 10.4 Å². The zero-order valence-corrected chi connectivity index (χ0v) is 19.3. The first-order valence-electron chi connectivity index (χ1n) is 11.2. The van der Waals surface area contributed by atoms with Gasteiger partial charge in [0.25, 0.3) is 0 Å². The summed E-state index contributed by atoms with van der Waals surface area (Å²) in [6.07, 6.45) is 25.0. The van der Waals surface area contributed by atoms with Crippen LogP contribution in [0.25, 0.3) is 0 Å². The molecule has 0 radical (unpaired) electrons. The Hall–Kier alpha value is -2.12. The van der Waals surface area contributed by atoms with Gasteiger partial charge >= 0.3 is 0 Å². The van der Waals surface area contributed by atoms with E-state index < -0.39 is 8.07 Å². The van der Waals surface area contributed by atoms with Gasteiger partial charge in [-0.15, -0.1) is 0 Å². The zero-order valence-electron chi connectivity index (χ0n) is 18.3. The fourth-order valence-corrected chi connectivity index (χ4v) is 13.6. The highest BCUT2D eigenvalue weighted by atomic mass is 28.3. The molecule has 3 aliphatic carbocycles. The van der Waals surface area contributed by atoms with Gasteiger partial charge in [0, 0.05) is 0 Å². The van der Waals surface area contributed by atoms with Crippen LogP contribution in [0.3, 0.4) is 0 Å². The largest absolute Gasteiger partial charge is 0.128 e. The second kappa shape index (κ2) is 8.32. The van der Waals surface area contributed by atoms with Crippen LogP contribution in [0.5, 0.6) is 0 Å². The topological polar surface area (TPSA) is 0 Å². The number of rotatable bonds is 4. The maximum atomic E-state index is 2.55. The van der Waals surface area contributed by atoms with Crippen molar-refractivity contribution >= 4 is 13.3 Å². The Bertz CT molecular complexity index is 875. The zero-order chi connectivity index (χ0) is 20.4. The highest BCUT2D eigenvalue weighted by molar-refractivity contribution is 7.00. The van der Waals surface area contributed by atoms with Gasteiger partial charge in [-0.25, -0.2) is 0 Å². The lowest BCUT2D eigenvalue weighted by molar-refractivity contribution is 0.633. The molecule has 4 rings (SSSR count). The highest BCUT2D eigenvalue weighted by Gasteiger charge is 2.54. The molecule has 0 fully saturated rings. The molecule has 150 valence electrons. The van der Waals surface area contributed by atoms with Gasteiger partial charge in [-0.1, -0.05) is 128 Å². The fraction of sp³-hybridized carbons (Fsp3) is 0.357. The van der Waals surface area contributed by atoms with Gasteiger partial charge in [0.05, 0.1) is 0 Å². The molecule has 0 heterocycles. The standard InChI is InChI=1S/C28H34Si/c1-21-13-8-10-19-26(21)29(25-17-6-5-7-18-25,27-20-11-9-14-22(27)2)28-23(3)15-12-16-24(28)4/h5-15,17-22,24,26-27H,16H2,1-4H3. The SMILES string of the molecule is CC1=C([Si](c2ccccc2)(C2C=CC=CC2C)C2C=CC=CC2C)C(C)CC=C1. The molecular weight excluding hydrogens is 364 g/mol. The molecule has 0 amide bonds. The molecule has 3 aliphatic rings. The first-order chi connectivity index (χ1) is 14.1. The summed E-state index contributed by atoms with van der Waals surface area (Å²) in [7, 11) is -2.17. The van der Waals surface area contributed by atoms with Gasteiger partial charge in [-0.3, -0.25) is 0 Å². The minimum Gasteiger partial charge on any atom is -0.0837 e. The van der Waals surface area contributed by atoms with Crippen LogP contribution >= 0.6 is 0 Å². The molecule has 0 bridgehead atoms. The third-order valence-electron chi connectivity index (χ3n) is 7.35. The molecule has 5 unspecified atom stereocenters. The van der Waals surface area contributed by atoms with Crippen molar-refractivity contribution in [1.82, 2.24) is 0 Å². The molecule has 1 heteroatoms. The van der Waals surface area contributed by atoms with Gasteiger partial charge in [-0.05, 0) is 42.2 Å². The lowest BCUT2D eigenvalue weighted by atomic mass is 9.98. The van der Waals surface area contributed by atoms with Crippen LogP contribution < -0.4 is 5.19 Å². The van der Waals surface area contributed by atoms with Crippen molar-refractivity contribution in [2.24, 2.45) is 17.8 Å². The summed E-state index contributed by atoms with van der Waals surface area (Å²) < 4.78 is 0. The quantitative estimate of drug-likeness (QED) is 0.476. The molecule has 0 saturated carbocycles. The van der Waals surface area contributed by atoms with Crippen LogP contribution in [-0.4, -0.2) is 8.07 Å². The molecule has 0 N–H and O–H groups in total. The first-order valence-corrected chi connectivity index (χ1v) is 13.4. The summed E-state index contributed by atoms with van der Waals surface area (Å²) in [6, 6.07) is 11.6. The van der Waals surface area contributed by atoms with Gasteiger partial charge in [0.15, 0.2) is 0 Å². The van der Waals surface area contributed by atoms with E-state index in [1.165, 1.54) is 5.57 Å². The summed E-state index contributed by atoms with van der Waals surface area (Å²) in [5, 5.41) is 3.38. The Morgan fingerprint density at radius 1 is 0.759 bits per heavy atom. The molecule has 0 spiro atoms. The van der Waals surface area contributed by atoms with E-state index in [4.69, 9.17) is 0 Å². The van der Waals surface area contributed by atoms with Crippen LogP contribution in [0.2, 0.25) is 11.1 Å². The smallest absolute Gasteiger partial charge is 0.0837 e. The number of allylic oxidation sites excluding steroid dienone is 12. The Balaban J connectivity index is 2.07. The van der Waals surface area contributed by atoms with E-state index in [-0.39, 0.29) is 0 Å². The second-order valence-electron chi connectivity index (χ2n) is 9.18. The predicted molar refractivity (Wildman–Crippen MR) is 130 cm³/mol. The van der Waals surface area contributed by atoms with Gasteiger partial charge in [0.1, 0.15) is 8.07 Å². The molecule has 0 nitrogen and oxygen atoms in total. The minimum absolute atomic E-state index is 0.553. The van der Waals surface area contributed by atoms with Crippen molar-refractivity contribution in [1.29, 1.82) is 0 Å². The molecule has 0 aromatic heterocycles. The molecule has 0 saturated heterocycles. The third kappa shape index (κ3) is 3.40. The van der Waals surface area contributed by atoms with E-state index >= 15 is 0 Å². The molecule has 29 heavy (non-hydrogen) atoms. The maximum absolute atomic E-state index is 2.55. The van der Waals surface area contributed by atoms with E-state index in [0.717, 1.165) is 6.42 Å². The first kappa shape index (κ1) is 20.2. The minimum atomic E-state index is -2.17. The lowest BCUT2D eigenvalue weighted by Crippen LogP contribution is -2.61. The van der Waals surface area contributed by atoms with Crippen molar-refractivity contribution in [3.8, 4) is 0 Å². The van der Waals surface area contributed by atoms with Crippen molar-refractivity contribution < 1.29 is 0 Å². The fourth-order valence-electron chi connectivity index (χ4n) is 6.18. The van der Waals surface area contributed by atoms with E-state index in [2.05, 4.69) is 119 Å². The van der Waals surface area contributed by atoms with Crippen LogP contribution in [0, 0.1) is 17.8 Å². The Kier molecular flexibility index (Phi) is 5.78. The average Bonchev–Trinajstić information content (AvgIpc) is 2.73. The van der Waals surface area contributed by atoms with E-state index in [1.807, 2.05) is 0 Å². The van der Waals surface area contributed by atoms with Crippen molar-refractivity contribution in [3.05, 3.63) is 102 Å². The number of benzene rings is 1. The normalized spacial score (nSPS) is 33.2. The van der Waals surface area contributed by atoms with Crippen LogP contribution in [0.15, 0.2) is 102 Å². The molecule has 1 aromatic carbocycles. The highest BCUT2D eigenvalue weighted by Crippen LogP contribution is 2.53. The lowest BCUT2D eigenvalue weighted by Gasteiger charge is -2.52. The Morgan fingerprint density at radius 3 is 1.83 bits per heavy atom. The Labute approximate surface area is 178 Å². The Morgan fingerprint density at radius 2 is 1.31 bits per heavy atom. The van der Waals surface area contributed by atoms with Crippen LogP contribution in [0.1, 0.15) is 34.1 Å². The third-order valence-corrected chi connectivity index (χ3v) is 14.0. The summed E-state index contributed by atoms with van der Waals surface area (Å²) in [4.78, 5) is 0. The van der Waals surface area contributed by atoms with E-state index in [0.29, 0.717) is 28.8 Å².